The number of fused-ring (bicyclic) bond motifs is 1. The SMILES string of the molecule is CCC(c1ccccc1)c1nc2ccc(CN)cc2n1C. The molecule has 3 heteroatoms. The largest absolute Gasteiger partial charge is 0.331 e. The van der Waals surface area contributed by atoms with E-state index >= 15 is 0 Å². The Kier molecular flexibility index (Phi) is 3.76. The summed E-state index contributed by atoms with van der Waals surface area (Å²) < 4.78 is 2.20. The zero-order valence-corrected chi connectivity index (χ0v) is 12.6. The number of aromatic nitrogens is 2. The first-order valence-corrected chi connectivity index (χ1v) is 7.44. The molecule has 0 saturated carbocycles. The van der Waals surface area contributed by atoms with E-state index in [0.29, 0.717) is 12.5 Å². The average molecular weight is 279 g/mol. The highest BCUT2D eigenvalue weighted by Crippen LogP contribution is 2.29. The van der Waals surface area contributed by atoms with Gasteiger partial charge in [0.05, 0.1) is 11.0 Å². The van der Waals surface area contributed by atoms with Crippen LogP contribution in [0.4, 0.5) is 0 Å². The number of aryl methyl sites for hydroxylation is 1. The predicted octanol–water partition coefficient (Wildman–Crippen LogP) is 3.57. The summed E-state index contributed by atoms with van der Waals surface area (Å²) in [6.07, 6.45) is 1.03. The fraction of sp³-hybridized carbons (Fsp3) is 0.278. The molecule has 0 bridgehead atoms. The Bertz CT molecular complexity index is 744. The molecule has 3 aromatic rings. The van der Waals surface area contributed by atoms with Gasteiger partial charge >= 0.3 is 0 Å². The number of hydrogen-bond donors (Lipinski definition) is 1. The molecule has 0 aliphatic rings. The second-order valence-electron chi connectivity index (χ2n) is 5.43. The molecule has 0 amide bonds. The maximum absolute atomic E-state index is 5.75. The Morgan fingerprint density at radius 2 is 1.90 bits per heavy atom. The highest BCUT2D eigenvalue weighted by atomic mass is 15.1. The van der Waals surface area contributed by atoms with E-state index < -0.39 is 0 Å². The van der Waals surface area contributed by atoms with Crippen LogP contribution in [0.15, 0.2) is 48.5 Å². The van der Waals surface area contributed by atoms with E-state index in [9.17, 15) is 0 Å². The summed E-state index contributed by atoms with van der Waals surface area (Å²) in [6, 6.07) is 16.9. The maximum atomic E-state index is 5.75. The van der Waals surface area contributed by atoms with Crippen LogP contribution in [0.1, 0.15) is 36.2 Å². The lowest BCUT2D eigenvalue weighted by Gasteiger charge is -2.15. The van der Waals surface area contributed by atoms with E-state index in [-0.39, 0.29) is 0 Å². The smallest absolute Gasteiger partial charge is 0.117 e. The van der Waals surface area contributed by atoms with Crippen molar-refractivity contribution in [2.24, 2.45) is 12.8 Å². The molecule has 2 N–H and O–H groups in total. The molecule has 3 rings (SSSR count). The first-order valence-electron chi connectivity index (χ1n) is 7.44. The predicted molar refractivity (Wildman–Crippen MR) is 87.2 cm³/mol. The van der Waals surface area contributed by atoms with Crippen LogP contribution in [-0.4, -0.2) is 9.55 Å². The molecule has 0 saturated heterocycles. The van der Waals surface area contributed by atoms with Crippen LogP contribution >= 0.6 is 0 Å². The van der Waals surface area contributed by atoms with E-state index in [2.05, 4.69) is 67.1 Å². The molecule has 1 atom stereocenters. The summed E-state index contributed by atoms with van der Waals surface area (Å²) in [5.74, 6) is 1.44. The fourth-order valence-electron chi connectivity index (χ4n) is 2.95. The molecule has 0 fully saturated rings. The van der Waals surface area contributed by atoms with Gasteiger partial charge in [0.2, 0.25) is 0 Å². The first kappa shape index (κ1) is 13.8. The van der Waals surface area contributed by atoms with Crippen molar-refractivity contribution in [2.75, 3.05) is 0 Å². The summed E-state index contributed by atoms with van der Waals surface area (Å²) in [5, 5.41) is 0. The lowest BCUT2D eigenvalue weighted by molar-refractivity contribution is 0.681. The van der Waals surface area contributed by atoms with Crippen LogP contribution in [0, 0.1) is 0 Å². The molecule has 2 aromatic carbocycles. The van der Waals surface area contributed by atoms with Crippen LogP contribution in [0.2, 0.25) is 0 Å². The van der Waals surface area contributed by atoms with E-state index in [1.807, 2.05) is 0 Å². The van der Waals surface area contributed by atoms with Crippen LogP contribution in [-0.2, 0) is 13.6 Å². The maximum Gasteiger partial charge on any atom is 0.117 e. The van der Waals surface area contributed by atoms with E-state index in [4.69, 9.17) is 10.7 Å². The lowest BCUT2D eigenvalue weighted by Crippen LogP contribution is -2.07. The average Bonchev–Trinajstić information content (AvgIpc) is 2.86. The molecular formula is C18H21N3. The van der Waals surface area contributed by atoms with Gasteiger partial charge in [-0.05, 0) is 29.7 Å². The molecule has 1 aromatic heterocycles. The molecule has 0 spiro atoms. The zero-order valence-electron chi connectivity index (χ0n) is 12.6. The van der Waals surface area contributed by atoms with Crippen LogP contribution in [0.25, 0.3) is 11.0 Å². The van der Waals surface area contributed by atoms with Gasteiger partial charge in [0.1, 0.15) is 5.82 Å². The van der Waals surface area contributed by atoms with Crippen molar-refractivity contribution in [3.05, 3.63) is 65.5 Å². The van der Waals surface area contributed by atoms with Gasteiger partial charge in [-0.3, -0.25) is 0 Å². The van der Waals surface area contributed by atoms with Crippen LogP contribution in [0.5, 0.6) is 0 Å². The van der Waals surface area contributed by atoms with Gasteiger partial charge < -0.3 is 10.3 Å². The van der Waals surface area contributed by atoms with Crippen molar-refractivity contribution >= 4 is 11.0 Å². The van der Waals surface area contributed by atoms with E-state index in [0.717, 1.165) is 28.8 Å². The topological polar surface area (TPSA) is 43.8 Å². The Labute approximate surface area is 125 Å². The standard InChI is InChI=1S/C18H21N3/c1-3-15(14-7-5-4-6-8-14)18-20-16-10-9-13(12-19)11-17(16)21(18)2/h4-11,15H,3,12,19H2,1-2H3. The Morgan fingerprint density at radius 1 is 1.14 bits per heavy atom. The zero-order chi connectivity index (χ0) is 14.8. The summed E-state index contributed by atoms with van der Waals surface area (Å²) in [6.45, 7) is 2.77. The summed E-state index contributed by atoms with van der Waals surface area (Å²) in [5.41, 5.74) is 10.4. The van der Waals surface area contributed by atoms with Crippen molar-refractivity contribution in [1.29, 1.82) is 0 Å². The highest BCUT2D eigenvalue weighted by molar-refractivity contribution is 5.77. The quantitative estimate of drug-likeness (QED) is 0.793. The second-order valence-corrected chi connectivity index (χ2v) is 5.43. The molecule has 0 radical (unpaired) electrons. The second kappa shape index (κ2) is 5.70. The Morgan fingerprint density at radius 3 is 2.57 bits per heavy atom. The third-order valence-corrected chi connectivity index (χ3v) is 4.14. The molecule has 21 heavy (non-hydrogen) atoms. The van der Waals surface area contributed by atoms with Crippen molar-refractivity contribution in [3.8, 4) is 0 Å². The van der Waals surface area contributed by atoms with E-state index in [1.54, 1.807) is 0 Å². The summed E-state index contributed by atoms with van der Waals surface area (Å²) >= 11 is 0. The van der Waals surface area contributed by atoms with Gasteiger partial charge in [-0.1, -0.05) is 43.3 Å². The molecule has 1 heterocycles. The number of nitrogens with zero attached hydrogens (tertiary/aromatic N) is 2. The van der Waals surface area contributed by atoms with Gasteiger partial charge in [0.15, 0.2) is 0 Å². The Balaban J connectivity index is 2.13. The minimum absolute atomic E-state index is 0.324. The Hall–Kier alpha value is -2.13. The monoisotopic (exact) mass is 279 g/mol. The molecule has 0 aliphatic heterocycles. The van der Waals surface area contributed by atoms with Gasteiger partial charge in [-0.2, -0.15) is 0 Å². The number of benzene rings is 2. The number of nitrogens with two attached hydrogens (primary N) is 1. The van der Waals surface area contributed by atoms with Gasteiger partial charge in [-0.15, -0.1) is 0 Å². The number of hydrogen-bond acceptors (Lipinski definition) is 2. The third-order valence-electron chi connectivity index (χ3n) is 4.14. The highest BCUT2D eigenvalue weighted by Gasteiger charge is 2.18. The van der Waals surface area contributed by atoms with Crippen LogP contribution < -0.4 is 5.73 Å². The third kappa shape index (κ3) is 2.45. The van der Waals surface area contributed by atoms with Crippen molar-refractivity contribution in [3.63, 3.8) is 0 Å². The fourth-order valence-corrected chi connectivity index (χ4v) is 2.95. The van der Waals surface area contributed by atoms with Crippen molar-refractivity contribution in [2.45, 2.75) is 25.8 Å². The molecule has 3 nitrogen and oxygen atoms in total. The summed E-state index contributed by atoms with van der Waals surface area (Å²) in [7, 11) is 2.09. The van der Waals surface area contributed by atoms with Gasteiger partial charge in [-0.25, -0.2) is 4.98 Å². The lowest BCUT2D eigenvalue weighted by atomic mass is 9.96. The minimum Gasteiger partial charge on any atom is -0.331 e. The van der Waals surface area contributed by atoms with Gasteiger partial charge in [0.25, 0.3) is 0 Å². The normalized spacial score (nSPS) is 12.7. The molecular weight excluding hydrogens is 258 g/mol. The van der Waals surface area contributed by atoms with Crippen LogP contribution in [0.3, 0.4) is 0 Å². The molecule has 0 aliphatic carbocycles. The molecule has 1 unspecified atom stereocenters. The first-order chi connectivity index (χ1) is 10.2. The van der Waals surface area contributed by atoms with Crippen molar-refractivity contribution < 1.29 is 0 Å². The van der Waals surface area contributed by atoms with Crippen molar-refractivity contribution in [1.82, 2.24) is 9.55 Å². The summed E-state index contributed by atoms with van der Waals surface area (Å²) in [4.78, 5) is 4.86. The number of rotatable bonds is 4. The number of imidazole rings is 1. The minimum atomic E-state index is 0.324. The molecule has 108 valence electrons. The van der Waals surface area contributed by atoms with E-state index in [1.165, 1.54) is 5.56 Å². The van der Waals surface area contributed by atoms with Gasteiger partial charge in [0, 0.05) is 19.5 Å².